The molecule has 0 saturated heterocycles. The minimum atomic E-state index is -1.14. The van der Waals surface area contributed by atoms with Crippen molar-refractivity contribution in [3.8, 4) is 0 Å². The van der Waals surface area contributed by atoms with Crippen molar-refractivity contribution in [3.05, 3.63) is 58.9 Å². The zero-order valence-electron chi connectivity index (χ0n) is 20.5. The zero-order chi connectivity index (χ0) is 25.5. The summed E-state index contributed by atoms with van der Waals surface area (Å²) in [5.74, 6) is -1.97. The second-order valence-corrected chi connectivity index (χ2v) is 9.32. The number of hydrogen-bond donors (Lipinski definition) is 4. The number of carboxylic acid groups (broad SMARTS) is 1. The number of benzene rings is 1. The number of carboxylic acids is 1. The molecule has 190 valence electrons. The maximum absolute atomic E-state index is 12.7. The number of aryl methyl sites for hydroxylation is 1. The van der Waals surface area contributed by atoms with Crippen LogP contribution in [0.2, 0.25) is 0 Å². The highest BCUT2D eigenvalue weighted by atomic mass is 16.4. The first-order valence-electron chi connectivity index (χ1n) is 12.6. The molecule has 2 aromatic rings. The van der Waals surface area contributed by atoms with E-state index < -0.39 is 17.9 Å². The van der Waals surface area contributed by atoms with Gasteiger partial charge in [0, 0.05) is 49.8 Å². The number of nitrogens with one attached hydrogen (secondary N) is 3. The predicted octanol–water partition coefficient (Wildman–Crippen LogP) is 2.41. The Kier molecular flexibility index (Phi) is 8.43. The first kappa shape index (κ1) is 25.5. The molecule has 2 aliphatic heterocycles. The fraction of sp³-hybridized carbons (Fsp3) is 0.444. The Morgan fingerprint density at radius 3 is 2.81 bits per heavy atom. The minimum Gasteiger partial charge on any atom is -0.480 e. The first-order valence-corrected chi connectivity index (χ1v) is 12.6. The second-order valence-electron chi connectivity index (χ2n) is 9.32. The van der Waals surface area contributed by atoms with Crippen molar-refractivity contribution in [1.82, 2.24) is 20.9 Å². The molecule has 1 aromatic carbocycles. The molecule has 0 spiro atoms. The molecule has 2 unspecified atom stereocenters. The molecule has 0 bridgehead atoms. The molecule has 0 aliphatic carbocycles. The number of pyridine rings is 1. The smallest absolute Gasteiger partial charge is 0.326 e. The summed E-state index contributed by atoms with van der Waals surface area (Å²) in [6, 6.07) is 10.6. The highest BCUT2D eigenvalue weighted by molar-refractivity contribution is 6.42. The van der Waals surface area contributed by atoms with Gasteiger partial charge in [-0.1, -0.05) is 31.2 Å². The van der Waals surface area contributed by atoms with E-state index in [0.29, 0.717) is 12.1 Å². The van der Waals surface area contributed by atoms with E-state index in [1.54, 1.807) is 0 Å². The van der Waals surface area contributed by atoms with Crippen molar-refractivity contribution in [2.75, 3.05) is 13.1 Å². The van der Waals surface area contributed by atoms with Crippen molar-refractivity contribution in [1.29, 1.82) is 0 Å². The van der Waals surface area contributed by atoms with Gasteiger partial charge in [0.15, 0.2) is 0 Å². The van der Waals surface area contributed by atoms with E-state index in [9.17, 15) is 19.5 Å². The Morgan fingerprint density at radius 2 is 2.00 bits per heavy atom. The zero-order valence-corrected chi connectivity index (χ0v) is 20.5. The molecule has 9 heteroatoms. The molecule has 4 N–H and O–H groups in total. The SMILES string of the molecule is CC1C(C(=O)NC(CCNC(=O)CCCCc2ccc3c(n2)CCNC3)C(=O)O)=Nc2ccccc21. The van der Waals surface area contributed by atoms with Crippen molar-refractivity contribution >= 4 is 29.2 Å². The number of fused-ring (bicyclic) bond motifs is 2. The quantitative estimate of drug-likeness (QED) is 0.357. The summed E-state index contributed by atoms with van der Waals surface area (Å²) in [6.07, 6.45) is 3.82. The van der Waals surface area contributed by atoms with Gasteiger partial charge in [-0.05, 0) is 48.9 Å². The summed E-state index contributed by atoms with van der Waals surface area (Å²) in [5, 5.41) is 18.2. The van der Waals surface area contributed by atoms with Gasteiger partial charge in [-0.15, -0.1) is 0 Å². The summed E-state index contributed by atoms with van der Waals surface area (Å²) < 4.78 is 0. The third kappa shape index (κ3) is 6.34. The number of para-hydroxylation sites is 1. The van der Waals surface area contributed by atoms with E-state index >= 15 is 0 Å². The van der Waals surface area contributed by atoms with Gasteiger partial charge in [-0.3, -0.25) is 14.6 Å². The molecular weight excluding hydrogens is 458 g/mol. The molecule has 0 saturated carbocycles. The van der Waals surface area contributed by atoms with Crippen LogP contribution in [0, 0.1) is 0 Å². The number of unbranched alkanes of at least 4 members (excludes halogenated alkanes) is 1. The topological polar surface area (TPSA) is 133 Å². The van der Waals surface area contributed by atoms with Gasteiger partial charge in [0.2, 0.25) is 5.91 Å². The molecule has 9 nitrogen and oxygen atoms in total. The Labute approximate surface area is 210 Å². The molecule has 0 radical (unpaired) electrons. The van der Waals surface area contributed by atoms with Crippen LogP contribution in [-0.2, 0) is 33.8 Å². The Balaban J connectivity index is 1.16. The largest absolute Gasteiger partial charge is 0.480 e. The molecule has 2 atom stereocenters. The fourth-order valence-corrected chi connectivity index (χ4v) is 4.62. The van der Waals surface area contributed by atoms with Crippen LogP contribution in [-0.4, -0.2) is 52.7 Å². The van der Waals surface area contributed by atoms with Crippen LogP contribution < -0.4 is 16.0 Å². The number of carbonyl (C=O) groups is 3. The van der Waals surface area contributed by atoms with Gasteiger partial charge < -0.3 is 21.1 Å². The summed E-state index contributed by atoms with van der Waals surface area (Å²) in [5.41, 5.74) is 5.46. The average molecular weight is 492 g/mol. The van der Waals surface area contributed by atoms with Gasteiger partial charge >= 0.3 is 5.97 Å². The lowest BCUT2D eigenvalue weighted by Gasteiger charge is -2.17. The lowest BCUT2D eigenvalue weighted by molar-refractivity contribution is -0.141. The summed E-state index contributed by atoms with van der Waals surface area (Å²) in [7, 11) is 0. The summed E-state index contributed by atoms with van der Waals surface area (Å²) in [6.45, 7) is 3.87. The van der Waals surface area contributed by atoms with Crippen molar-refractivity contribution in [3.63, 3.8) is 0 Å². The van der Waals surface area contributed by atoms with Gasteiger partial charge in [0.1, 0.15) is 11.8 Å². The highest BCUT2D eigenvalue weighted by Crippen LogP contribution is 2.34. The molecule has 0 fully saturated rings. The molecule has 2 aliphatic rings. The van der Waals surface area contributed by atoms with Crippen molar-refractivity contribution in [2.24, 2.45) is 4.99 Å². The monoisotopic (exact) mass is 491 g/mol. The van der Waals surface area contributed by atoms with E-state index in [4.69, 9.17) is 4.98 Å². The van der Waals surface area contributed by atoms with Gasteiger partial charge in [-0.25, -0.2) is 9.79 Å². The van der Waals surface area contributed by atoms with Crippen LogP contribution in [0.5, 0.6) is 0 Å². The molecular formula is C27H33N5O4. The van der Waals surface area contributed by atoms with Crippen molar-refractivity contribution < 1.29 is 19.5 Å². The van der Waals surface area contributed by atoms with E-state index in [2.05, 4.69) is 33.1 Å². The highest BCUT2D eigenvalue weighted by Gasteiger charge is 2.30. The van der Waals surface area contributed by atoms with Gasteiger partial charge in [0.25, 0.3) is 5.91 Å². The Morgan fingerprint density at radius 1 is 1.17 bits per heavy atom. The normalized spacial score (nSPS) is 16.9. The molecule has 4 rings (SSSR count). The number of nitrogens with zero attached hydrogens (tertiary/aromatic N) is 2. The molecule has 36 heavy (non-hydrogen) atoms. The van der Waals surface area contributed by atoms with E-state index in [0.717, 1.165) is 55.7 Å². The summed E-state index contributed by atoms with van der Waals surface area (Å²) in [4.78, 5) is 45.7. The van der Waals surface area contributed by atoms with Gasteiger partial charge in [-0.2, -0.15) is 0 Å². The first-order chi connectivity index (χ1) is 17.4. The maximum atomic E-state index is 12.7. The van der Waals surface area contributed by atoms with Gasteiger partial charge in [0.05, 0.1) is 5.69 Å². The predicted molar refractivity (Wildman–Crippen MR) is 136 cm³/mol. The number of aliphatic imine (C=N–C) groups is 1. The lowest BCUT2D eigenvalue weighted by atomic mass is 9.97. The summed E-state index contributed by atoms with van der Waals surface area (Å²) >= 11 is 0. The maximum Gasteiger partial charge on any atom is 0.326 e. The molecule has 3 heterocycles. The number of amides is 2. The van der Waals surface area contributed by atoms with Crippen LogP contribution in [0.25, 0.3) is 0 Å². The van der Waals surface area contributed by atoms with E-state index in [1.165, 1.54) is 11.3 Å². The minimum absolute atomic E-state index is 0.0926. The average Bonchev–Trinajstić information content (AvgIpc) is 3.22. The van der Waals surface area contributed by atoms with Crippen LogP contribution in [0.15, 0.2) is 41.4 Å². The third-order valence-electron chi connectivity index (χ3n) is 6.71. The molecule has 2 amide bonds. The second kappa shape index (κ2) is 11.9. The molecule has 1 aromatic heterocycles. The number of aromatic nitrogens is 1. The van der Waals surface area contributed by atoms with Crippen LogP contribution >= 0.6 is 0 Å². The standard InChI is InChI=1S/C27H33N5O4/c1-17-20-7-3-4-8-22(20)31-25(17)26(34)32-23(27(35)36)13-15-29-24(33)9-5-2-6-19-11-10-18-16-28-14-12-21(18)30-19/h3-4,7-8,10-11,17,23,28H,2,5-6,9,12-16H2,1H3,(H,29,33)(H,32,34)(H,35,36). The van der Waals surface area contributed by atoms with Crippen molar-refractivity contribution in [2.45, 2.75) is 64.0 Å². The number of carbonyl (C=O) groups excluding carboxylic acids is 2. The van der Waals surface area contributed by atoms with E-state index in [-0.39, 0.29) is 24.8 Å². The lowest BCUT2D eigenvalue weighted by Crippen LogP contribution is -2.46. The van der Waals surface area contributed by atoms with Crippen LogP contribution in [0.1, 0.15) is 61.0 Å². The number of aliphatic carboxylic acids is 1. The Hall–Kier alpha value is -3.59. The van der Waals surface area contributed by atoms with Crippen LogP contribution in [0.4, 0.5) is 5.69 Å². The number of hydrogen-bond acceptors (Lipinski definition) is 6. The Bertz CT molecular complexity index is 1160. The third-order valence-corrected chi connectivity index (χ3v) is 6.71. The fourth-order valence-electron chi connectivity index (χ4n) is 4.62. The number of rotatable bonds is 11. The van der Waals surface area contributed by atoms with Crippen LogP contribution in [0.3, 0.4) is 0 Å². The van der Waals surface area contributed by atoms with E-state index in [1.807, 2.05) is 31.2 Å².